The maximum atomic E-state index is 12.6. The highest BCUT2D eigenvalue weighted by atomic mass is 16.5. The number of ketones is 1. The normalized spacial score (nSPS) is 14.8. The van der Waals surface area contributed by atoms with E-state index in [4.69, 9.17) is 9.47 Å². The Morgan fingerprint density at radius 3 is 2.50 bits per heavy atom. The van der Waals surface area contributed by atoms with Crippen molar-refractivity contribution in [2.75, 3.05) is 33.4 Å². The molecule has 154 valence electrons. The van der Waals surface area contributed by atoms with Gasteiger partial charge >= 0.3 is 0 Å². The van der Waals surface area contributed by atoms with Gasteiger partial charge in [0.15, 0.2) is 5.78 Å². The van der Waals surface area contributed by atoms with Crippen molar-refractivity contribution in [3.05, 3.63) is 89.8 Å². The van der Waals surface area contributed by atoms with Crippen molar-refractivity contribution in [1.82, 2.24) is 9.47 Å². The molecule has 1 aliphatic rings. The van der Waals surface area contributed by atoms with Crippen LogP contribution in [0.4, 0.5) is 0 Å². The van der Waals surface area contributed by atoms with Gasteiger partial charge in [-0.3, -0.25) is 9.69 Å². The lowest BCUT2D eigenvalue weighted by molar-refractivity contribution is 0.0339. The molecule has 5 heteroatoms. The summed E-state index contributed by atoms with van der Waals surface area (Å²) >= 11 is 0. The Morgan fingerprint density at radius 1 is 1.07 bits per heavy atom. The number of methoxy groups -OCH3 is 1. The molecule has 0 atom stereocenters. The molecule has 3 aromatic rings. The van der Waals surface area contributed by atoms with Gasteiger partial charge in [-0.05, 0) is 60.2 Å². The minimum atomic E-state index is -0.0143. The highest BCUT2D eigenvalue weighted by molar-refractivity contribution is 6.06. The van der Waals surface area contributed by atoms with Crippen LogP contribution in [0.3, 0.4) is 0 Å². The molecule has 0 radical (unpaired) electrons. The molecule has 30 heavy (non-hydrogen) atoms. The Kier molecular flexibility index (Phi) is 6.42. The van der Waals surface area contributed by atoms with E-state index in [9.17, 15) is 4.79 Å². The second-order valence-electron chi connectivity index (χ2n) is 7.29. The number of morpholine rings is 1. The summed E-state index contributed by atoms with van der Waals surface area (Å²) in [6.07, 6.45) is 7.46. The summed E-state index contributed by atoms with van der Waals surface area (Å²) in [6, 6.07) is 17.6. The Bertz CT molecular complexity index is 1000. The molecule has 0 unspecified atom stereocenters. The summed E-state index contributed by atoms with van der Waals surface area (Å²) in [5, 5.41) is 0. The summed E-state index contributed by atoms with van der Waals surface area (Å²) in [5.41, 5.74) is 3.80. The molecule has 0 N–H and O–H groups in total. The van der Waals surface area contributed by atoms with Gasteiger partial charge in [0.2, 0.25) is 0 Å². The fraction of sp³-hybridized carbons (Fsp3) is 0.240. The van der Waals surface area contributed by atoms with Crippen molar-refractivity contribution in [2.24, 2.45) is 0 Å². The number of aromatic nitrogens is 1. The Hall–Kier alpha value is -3.15. The van der Waals surface area contributed by atoms with Crippen LogP contribution in [0, 0.1) is 0 Å². The highest BCUT2D eigenvalue weighted by Gasteiger charge is 2.13. The molecule has 1 aliphatic heterocycles. The zero-order valence-electron chi connectivity index (χ0n) is 17.2. The van der Waals surface area contributed by atoms with E-state index in [0.29, 0.717) is 5.56 Å². The number of allylic oxidation sites excluding steroid dienone is 1. The molecule has 0 bridgehead atoms. The Balaban J connectivity index is 1.46. The lowest BCUT2D eigenvalue weighted by Gasteiger charge is -2.27. The van der Waals surface area contributed by atoms with E-state index in [0.717, 1.165) is 55.4 Å². The van der Waals surface area contributed by atoms with Crippen molar-refractivity contribution in [1.29, 1.82) is 0 Å². The minimum absolute atomic E-state index is 0.0143. The average Bonchev–Trinajstić information content (AvgIpc) is 3.33. The number of hydrogen-bond donors (Lipinski definition) is 0. The smallest absolute Gasteiger partial charge is 0.185 e. The van der Waals surface area contributed by atoms with E-state index >= 15 is 0 Å². The molecule has 5 nitrogen and oxygen atoms in total. The van der Waals surface area contributed by atoms with Crippen molar-refractivity contribution in [3.63, 3.8) is 0 Å². The molecular weight excluding hydrogens is 376 g/mol. The van der Waals surface area contributed by atoms with E-state index in [2.05, 4.69) is 11.0 Å². The van der Waals surface area contributed by atoms with Gasteiger partial charge in [-0.2, -0.15) is 0 Å². The molecule has 2 heterocycles. The average molecular weight is 402 g/mol. The van der Waals surface area contributed by atoms with Crippen LogP contribution in [0.5, 0.6) is 5.75 Å². The number of carbonyl (C=O) groups excluding carboxylic acids is 1. The van der Waals surface area contributed by atoms with Crippen LogP contribution < -0.4 is 4.74 Å². The summed E-state index contributed by atoms with van der Waals surface area (Å²) in [5.74, 6) is 0.852. The second-order valence-corrected chi connectivity index (χ2v) is 7.29. The molecule has 0 aliphatic carbocycles. The van der Waals surface area contributed by atoms with E-state index in [1.165, 1.54) is 0 Å². The van der Waals surface area contributed by atoms with E-state index < -0.39 is 0 Å². The fourth-order valence-electron chi connectivity index (χ4n) is 3.60. The molecular formula is C25H26N2O3. The molecule has 0 amide bonds. The number of rotatable bonds is 7. The fourth-order valence-corrected chi connectivity index (χ4v) is 3.60. The highest BCUT2D eigenvalue weighted by Crippen LogP contribution is 2.23. The minimum Gasteiger partial charge on any atom is -0.496 e. The molecule has 4 rings (SSSR count). The van der Waals surface area contributed by atoms with Crippen LogP contribution in [0.15, 0.2) is 73.1 Å². The van der Waals surface area contributed by atoms with Crippen molar-refractivity contribution in [3.8, 4) is 11.4 Å². The summed E-state index contributed by atoms with van der Waals surface area (Å²) < 4.78 is 13.0. The second kappa shape index (κ2) is 9.57. The van der Waals surface area contributed by atoms with E-state index in [1.807, 2.05) is 71.6 Å². The first-order chi connectivity index (χ1) is 14.7. The number of ether oxygens (including phenoxy) is 2. The van der Waals surface area contributed by atoms with Crippen LogP contribution in [0.2, 0.25) is 0 Å². The topological polar surface area (TPSA) is 43.7 Å². The van der Waals surface area contributed by atoms with Crippen LogP contribution in [0.25, 0.3) is 11.8 Å². The summed E-state index contributed by atoms with van der Waals surface area (Å²) in [6.45, 7) is 4.17. The first kappa shape index (κ1) is 20.1. The molecule has 0 saturated carbocycles. The van der Waals surface area contributed by atoms with Crippen LogP contribution in [0.1, 0.15) is 21.5 Å². The number of carbonyl (C=O) groups is 1. The van der Waals surface area contributed by atoms with Gasteiger partial charge in [0, 0.05) is 48.8 Å². The summed E-state index contributed by atoms with van der Waals surface area (Å²) in [4.78, 5) is 15.0. The third-order valence-electron chi connectivity index (χ3n) is 5.28. The summed E-state index contributed by atoms with van der Waals surface area (Å²) in [7, 11) is 1.69. The van der Waals surface area contributed by atoms with Crippen molar-refractivity contribution in [2.45, 2.75) is 6.54 Å². The van der Waals surface area contributed by atoms with E-state index in [1.54, 1.807) is 13.2 Å². The van der Waals surface area contributed by atoms with E-state index in [-0.39, 0.29) is 5.78 Å². The first-order valence-corrected chi connectivity index (χ1v) is 10.2. The Labute approximate surface area is 177 Å². The number of nitrogens with zero attached hydrogens (tertiary/aromatic N) is 2. The monoisotopic (exact) mass is 402 g/mol. The predicted octanol–water partition coefficient (Wildman–Crippen LogP) is 4.21. The van der Waals surface area contributed by atoms with Gasteiger partial charge < -0.3 is 14.0 Å². The lowest BCUT2D eigenvalue weighted by atomic mass is 10.1. The zero-order valence-corrected chi connectivity index (χ0v) is 17.2. The number of benzene rings is 2. The molecule has 0 spiro atoms. The van der Waals surface area contributed by atoms with Crippen LogP contribution in [-0.2, 0) is 11.3 Å². The third-order valence-corrected chi connectivity index (χ3v) is 5.28. The Morgan fingerprint density at radius 2 is 1.80 bits per heavy atom. The largest absolute Gasteiger partial charge is 0.496 e. The quantitative estimate of drug-likeness (QED) is 0.439. The molecule has 2 aromatic carbocycles. The predicted molar refractivity (Wildman–Crippen MR) is 118 cm³/mol. The zero-order chi connectivity index (χ0) is 20.8. The van der Waals surface area contributed by atoms with Gasteiger partial charge in [0.25, 0.3) is 0 Å². The number of hydrogen-bond acceptors (Lipinski definition) is 4. The van der Waals surface area contributed by atoms with Crippen LogP contribution >= 0.6 is 0 Å². The van der Waals surface area contributed by atoms with Crippen LogP contribution in [-0.4, -0.2) is 48.7 Å². The molecule has 1 aromatic heterocycles. The third kappa shape index (κ3) is 4.87. The maximum Gasteiger partial charge on any atom is 0.185 e. The standard InChI is InChI=1S/C25H26N2O3/c1-29-25-11-5-20(18-22(25)19-26-14-16-30-17-15-26)4-10-24(28)21-6-8-23(9-7-21)27-12-2-3-13-27/h2-13,18H,14-17,19H2,1H3/b10-4+. The van der Waals surface area contributed by atoms with Gasteiger partial charge in [-0.15, -0.1) is 0 Å². The SMILES string of the molecule is COc1ccc(/C=C/C(=O)c2ccc(-n3cccc3)cc2)cc1CN1CCOCC1. The molecule has 1 saturated heterocycles. The van der Waals surface area contributed by atoms with Gasteiger partial charge in [0.1, 0.15) is 5.75 Å². The first-order valence-electron chi connectivity index (χ1n) is 10.2. The van der Waals surface area contributed by atoms with Crippen molar-refractivity contribution >= 4 is 11.9 Å². The van der Waals surface area contributed by atoms with Gasteiger partial charge in [0.05, 0.1) is 20.3 Å². The molecule has 1 fully saturated rings. The maximum absolute atomic E-state index is 12.6. The van der Waals surface area contributed by atoms with Gasteiger partial charge in [-0.25, -0.2) is 0 Å². The lowest BCUT2D eigenvalue weighted by Crippen LogP contribution is -2.35. The van der Waals surface area contributed by atoms with Crippen molar-refractivity contribution < 1.29 is 14.3 Å². The van der Waals surface area contributed by atoms with Gasteiger partial charge in [-0.1, -0.05) is 12.1 Å².